The normalized spacial score (nSPS) is 13.3. The zero-order valence-corrected chi connectivity index (χ0v) is 16.6. The molecule has 144 valence electrons. The minimum absolute atomic E-state index is 0.172. The van der Waals surface area contributed by atoms with Crippen LogP contribution in [-0.4, -0.2) is 44.6 Å². The smallest absolute Gasteiger partial charge is 0.231 e. The molecule has 1 aliphatic heterocycles. The Morgan fingerprint density at radius 3 is 2.74 bits per heavy atom. The second kappa shape index (κ2) is 8.92. The van der Waals surface area contributed by atoms with E-state index >= 15 is 0 Å². The Bertz CT molecular complexity index is 798. The molecule has 2 N–H and O–H groups in total. The monoisotopic (exact) mass is 387 g/mol. The number of ether oxygens (including phenoxy) is 3. The second-order valence-electron chi connectivity index (χ2n) is 6.51. The van der Waals surface area contributed by atoms with Crippen molar-refractivity contribution in [3.63, 3.8) is 0 Å². The fourth-order valence-corrected chi connectivity index (χ4v) is 3.09. The Hall–Kier alpha value is -2.51. The molecule has 0 fully saturated rings. The van der Waals surface area contributed by atoms with Crippen LogP contribution in [0.2, 0.25) is 0 Å². The fraction of sp³-hybridized carbons (Fsp3) is 0.350. The van der Waals surface area contributed by atoms with Gasteiger partial charge in [-0.25, -0.2) is 0 Å². The zero-order chi connectivity index (χ0) is 19.2. The third-order valence-corrected chi connectivity index (χ3v) is 4.74. The number of rotatable bonds is 7. The van der Waals surface area contributed by atoms with Crippen molar-refractivity contribution in [2.45, 2.75) is 12.6 Å². The van der Waals surface area contributed by atoms with Crippen molar-refractivity contribution in [1.29, 1.82) is 0 Å². The van der Waals surface area contributed by atoms with Crippen molar-refractivity contribution >= 4 is 17.3 Å². The highest BCUT2D eigenvalue weighted by Crippen LogP contribution is 2.32. The van der Waals surface area contributed by atoms with Gasteiger partial charge in [-0.3, -0.25) is 0 Å². The first kappa shape index (κ1) is 19.3. The van der Waals surface area contributed by atoms with E-state index < -0.39 is 0 Å². The van der Waals surface area contributed by atoms with Crippen molar-refractivity contribution in [1.82, 2.24) is 15.5 Å². The average Bonchev–Trinajstić information content (AvgIpc) is 3.14. The molecule has 1 aliphatic rings. The van der Waals surface area contributed by atoms with Crippen LogP contribution in [0, 0.1) is 0 Å². The molecule has 2 aromatic rings. The molecular weight excluding hydrogens is 362 g/mol. The van der Waals surface area contributed by atoms with Crippen molar-refractivity contribution in [3.05, 3.63) is 53.6 Å². The molecule has 1 heterocycles. The van der Waals surface area contributed by atoms with Crippen LogP contribution < -0.4 is 24.8 Å². The lowest BCUT2D eigenvalue weighted by Gasteiger charge is -2.26. The van der Waals surface area contributed by atoms with Crippen LogP contribution in [0.15, 0.2) is 42.5 Å². The summed E-state index contributed by atoms with van der Waals surface area (Å²) in [5.74, 6) is 2.41. The molecule has 2 aromatic carbocycles. The number of thiocarbonyl (C=S) groups is 1. The van der Waals surface area contributed by atoms with Gasteiger partial charge in [-0.15, -0.1) is 0 Å². The van der Waals surface area contributed by atoms with E-state index in [0.29, 0.717) is 18.2 Å². The number of benzene rings is 2. The molecule has 7 heteroatoms. The topological polar surface area (TPSA) is 55.0 Å². The third-order valence-electron chi connectivity index (χ3n) is 4.45. The van der Waals surface area contributed by atoms with Gasteiger partial charge >= 0.3 is 0 Å². The SMILES string of the molecule is COc1cccc([C@@H](CNC(=S)NCc2ccc3c(c2)OCO3)N(C)C)c1. The van der Waals surface area contributed by atoms with Gasteiger partial charge < -0.3 is 29.7 Å². The average molecular weight is 388 g/mol. The van der Waals surface area contributed by atoms with Crippen LogP contribution in [0.3, 0.4) is 0 Å². The first-order valence-electron chi connectivity index (χ1n) is 8.77. The summed E-state index contributed by atoms with van der Waals surface area (Å²) in [6.07, 6.45) is 0. The Labute approximate surface area is 165 Å². The van der Waals surface area contributed by atoms with Gasteiger partial charge in [0.15, 0.2) is 16.6 Å². The Balaban J connectivity index is 1.53. The highest BCUT2D eigenvalue weighted by Gasteiger charge is 2.16. The van der Waals surface area contributed by atoms with Crippen LogP contribution in [0.25, 0.3) is 0 Å². The largest absolute Gasteiger partial charge is 0.497 e. The Morgan fingerprint density at radius 2 is 1.96 bits per heavy atom. The number of likely N-dealkylation sites (N-methyl/N-ethyl adjacent to an activating group) is 1. The summed E-state index contributed by atoms with van der Waals surface area (Å²) in [4.78, 5) is 2.15. The number of methoxy groups -OCH3 is 1. The maximum Gasteiger partial charge on any atom is 0.231 e. The summed E-state index contributed by atoms with van der Waals surface area (Å²) in [6.45, 7) is 1.59. The van der Waals surface area contributed by atoms with Gasteiger partial charge in [-0.2, -0.15) is 0 Å². The van der Waals surface area contributed by atoms with Gasteiger partial charge in [0.25, 0.3) is 0 Å². The lowest BCUT2D eigenvalue weighted by atomic mass is 10.1. The van der Waals surface area contributed by atoms with Crippen LogP contribution in [0.1, 0.15) is 17.2 Å². The van der Waals surface area contributed by atoms with Crippen LogP contribution in [0.5, 0.6) is 17.2 Å². The van der Waals surface area contributed by atoms with Crippen molar-refractivity contribution in [3.8, 4) is 17.2 Å². The van der Waals surface area contributed by atoms with E-state index in [9.17, 15) is 0 Å². The van der Waals surface area contributed by atoms with Gasteiger partial charge in [0.1, 0.15) is 5.75 Å². The predicted molar refractivity (Wildman–Crippen MR) is 109 cm³/mol. The number of fused-ring (bicyclic) bond motifs is 1. The van der Waals surface area contributed by atoms with Crippen molar-refractivity contribution < 1.29 is 14.2 Å². The van der Waals surface area contributed by atoms with E-state index in [2.05, 4.69) is 41.8 Å². The van der Waals surface area contributed by atoms with Crippen LogP contribution >= 0.6 is 12.2 Å². The van der Waals surface area contributed by atoms with Crippen molar-refractivity contribution in [2.75, 3.05) is 34.5 Å². The van der Waals surface area contributed by atoms with E-state index in [0.717, 1.165) is 22.8 Å². The lowest BCUT2D eigenvalue weighted by molar-refractivity contribution is 0.174. The molecule has 6 nitrogen and oxygen atoms in total. The highest BCUT2D eigenvalue weighted by molar-refractivity contribution is 7.80. The molecule has 0 saturated carbocycles. The van der Waals surface area contributed by atoms with E-state index in [-0.39, 0.29) is 12.8 Å². The van der Waals surface area contributed by atoms with E-state index in [4.69, 9.17) is 26.4 Å². The van der Waals surface area contributed by atoms with Crippen molar-refractivity contribution in [2.24, 2.45) is 0 Å². The number of nitrogens with zero attached hydrogens (tertiary/aromatic N) is 1. The summed E-state index contributed by atoms with van der Waals surface area (Å²) in [7, 11) is 5.78. The summed E-state index contributed by atoms with van der Waals surface area (Å²) in [6, 6.07) is 14.2. The molecule has 0 saturated heterocycles. The van der Waals surface area contributed by atoms with Crippen LogP contribution in [0.4, 0.5) is 0 Å². The van der Waals surface area contributed by atoms with E-state index in [1.165, 1.54) is 5.56 Å². The summed E-state index contributed by atoms with van der Waals surface area (Å²) in [5, 5.41) is 7.16. The molecule has 0 aromatic heterocycles. The molecule has 0 bridgehead atoms. The number of hydrogen-bond donors (Lipinski definition) is 2. The van der Waals surface area contributed by atoms with Crippen LogP contribution in [-0.2, 0) is 6.54 Å². The molecule has 1 atom stereocenters. The zero-order valence-electron chi connectivity index (χ0n) is 15.8. The maximum atomic E-state index is 5.43. The Kier molecular flexibility index (Phi) is 6.36. The summed E-state index contributed by atoms with van der Waals surface area (Å²) in [5.41, 5.74) is 2.26. The number of hydrogen-bond acceptors (Lipinski definition) is 5. The molecule has 0 aliphatic carbocycles. The third kappa shape index (κ3) is 5.02. The quantitative estimate of drug-likeness (QED) is 0.709. The first-order valence-corrected chi connectivity index (χ1v) is 9.18. The Morgan fingerprint density at radius 1 is 1.15 bits per heavy atom. The molecule has 0 amide bonds. The number of nitrogens with one attached hydrogen (secondary N) is 2. The fourth-order valence-electron chi connectivity index (χ4n) is 2.93. The highest BCUT2D eigenvalue weighted by atomic mass is 32.1. The van der Waals surface area contributed by atoms with E-state index in [1.807, 2.05) is 30.3 Å². The van der Waals surface area contributed by atoms with Gasteiger partial charge in [0, 0.05) is 13.1 Å². The molecule has 27 heavy (non-hydrogen) atoms. The second-order valence-corrected chi connectivity index (χ2v) is 6.92. The molecule has 0 unspecified atom stereocenters. The predicted octanol–water partition coefficient (Wildman–Crippen LogP) is 2.69. The minimum atomic E-state index is 0.172. The molecule has 0 spiro atoms. The molecule has 3 rings (SSSR count). The lowest BCUT2D eigenvalue weighted by Crippen LogP contribution is -2.40. The molecular formula is C20H25N3O3S. The summed E-state index contributed by atoms with van der Waals surface area (Å²) >= 11 is 5.43. The van der Waals surface area contributed by atoms with Gasteiger partial charge in [-0.1, -0.05) is 18.2 Å². The first-order chi connectivity index (χ1) is 13.1. The minimum Gasteiger partial charge on any atom is -0.497 e. The standard InChI is InChI=1S/C20H25N3O3S/c1-23(2)17(15-5-4-6-16(10-15)24-3)12-22-20(27)21-11-14-7-8-18-19(9-14)26-13-25-18/h4-10,17H,11-13H2,1-3H3,(H2,21,22,27)/t17-/m1/s1. The maximum absolute atomic E-state index is 5.43. The molecule has 0 radical (unpaired) electrons. The van der Waals surface area contributed by atoms with Gasteiger partial charge in [-0.05, 0) is 61.7 Å². The van der Waals surface area contributed by atoms with E-state index in [1.54, 1.807) is 7.11 Å². The van der Waals surface area contributed by atoms with Gasteiger partial charge in [0.2, 0.25) is 6.79 Å². The summed E-state index contributed by atoms with van der Waals surface area (Å²) < 4.78 is 16.1. The van der Waals surface area contributed by atoms with Gasteiger partial charge in [0.05, 0.1) is 13.2 Å².